The Balaban J connectivity index is 1.51. The molecule has 124 valence electrons. The molecule has 2 aromatic carbocycles. The molecule has 0 saturated carbocycles. The lowest BCUT2D eigenvalue weighted by atomic mass is 9.96. The number of ether oxygens (including phenoxy) is 2. The number of benzene rings is 2. The summed E-state index contributed by atoms with van der Waals surface area (Å²) in [5.74, 6) is 1.08. The van der Waals surface area contributed by atoms with Crippen LogP contribution >= 0.6 is 0 Å². The summed E-state index contributed by atoms with van der Waals surface area (Å²) in [6.07, 6.45) is 1.41. The molecule has 4 heteroatoms. The van der Waals surface area contributed by atoms with E-state index in [1.807, 2.05) is 47.4 Å². The van der Waals surface area contributed by atoms with Crippen molar-refractivity contribution in [2.45, 2.75) is 25.1 Å². The van der Waals surface area contributed by atoms with E-state index in [1.165, 1.54) is 5.56 Å². The Morgan fingerprint density at radius 3 is 2.58 bits per heavy atom. The summed E-state index contributed by atoms with van der Waals surface area (Å²) >= 11 is 0. The third-order valence-corrected chi connectivity index (χ3v) is 4.98. The van der Waals surface area contributed by atoms with Crippen molar-refractivity contribution >= 4 is 5.91 Å². The molecular weight excluding hydrogens is 302 g/mol. The van der Waals surface area contributed by atoms with Gasteiger partial charge in [0.1, 0.15) is 5.75 Å². The molecule has 2 saturated heterocycles. The van der Waals surface area contributed by atoms with Crippen LogP contribution in [0.5, 0.6) is 5.75 Å². The van der Waals surface area contributed by atoms with Crippen LogP contribution in [0, 0.1) is 5.92 Å². The number of rotatable bonds is 4. The van der Waals surface area contributed by atoms with E-state index in [1.54, 1.807) is 7.11 Å². The van der Waals surface area contributed by atoms with Crippen LogP contribution in [0.3, 0.4) is 0 Å². The van der Waals surface area contributed by atoms with Crippen molar-refractivity contribution in [1.29, 1.82) is 0 Å². The van der Waals surface area contributed by atoms with Gasteiger partial charge in [-0.1, -0.05) is 42.5 Å². The topological polar surface area (TPSA) is 38.8 Å². The highest BCUT2D eigenvalue weighted by Gasteiger charge is 2.47. The standard InChI is InChI=1S/C20H21NO3/c1-23-18-9-7-15(8-10-18)20-21-17(13-24-20)12-16(19(21)22)11-14-5-3-2-4-6-14/h2-10,16-17,20H,11-13H2,1H3/t16-,17+,20-/m1/s1. The van der Waals surface area contributed by atoms with Crippen molar-refractivity contribution in [2.75, 3.05) is 13.7 Å². The first kappa shape index (κ1) is 15.2. The van der Waals surface area contributed by atoms with E-state index in [0.29, 0.717) is 6.61 Å². The number of methoxy groups -OCH3 is 1. The average Bonchev–Trinajstić information content (AvgIpc) is 3.17. The summed E-state index contributed by atoms with van der Waals surface area (Å²) in [6.45, 7) is 0.619. The van der Waals surface area contributed by atoms with Crippen molar-refractivity contribution in [3.8, 4) is 5.75 Å². The largest absolute Gasteiger partial charge is 0.497 e. The van der Waals surface area contributed by atoms with Gasteiger partial charge in [-0.15, -0.1) is 0 Å². The number of nitrogens with zero attached hydrogens (tertiary/aromatic N) is 1. The summed E-state index contributed by atoms with van der Waals surface area (Å²) in [5.41, 5.74) is 2.23. The molecule has 0 N–H and O–H groups in total. The zero-order valence-electron chi connectivity index (χ0n) is 13.7. The van der Waals surface area contributed by atoms with E-state index in [-0.39, 0.29) is 24.1 Å². The molecule has 4 rings (SSSR count). The first-order valence-corrected chi connectivity index (χ1v) is 8.38. The zero-order chi connectivity index (χ0) is 16.5. The lowest BCUT2D eigenvalue weighted by molar-refractivity contribution is -0.137. The maximum atomic E-state index is 12.9. The van der Waals surface area contributed by atoms with E-state index in [0.717, 1.165) is 24.2 Å². The number of hydrogen-bond donors (Lipinski definition) is 0. The molecule has 2 fully saturated rings. The summed E-state index contributed by atoms with van der Waals surface area (Å²) in [7, 11) is 1.65. The predicted molar refractivity (Wildman–Crippen MR) is 90.6 cm³/mol. The summed E-state index contributed by atoms with van der Waals surface area (Å²) < 4.78 is 11.1. The molecule has 0 unspecified atom stereocenters. The number of hydrogen-bond acceptors (Lipinski definition) is 3. The number of amides is 1. The van der Waals surface area contributed by atoms with E-state index >= 15 is 0 Å². The fraction of sp³-hybridized carbons (Fsp3) is 0.350. The quantitative estimate of drug-likeness (QED) is 0.867. The van der Waals surface area contributed by atoms with Crippen LogP contribution in [-0.4, -0.2) is 30.6 Å². The molecule has 1 amide bonds. The van der Waals surface area contributed by atoms with Crippen LogP contribution in [-0.2, 0) is 16.0 Å². The maximum absolute atomic E-state index is 12.9. The van der Waals surface area contributed by atoms with Crippen molar-refractivity contribution < 1.29 is 14.3 Å². The smallest absolute Gasteiger partial charge is 0.228 e. The van der Waals surface area contributed by atoms with Gasteiger partial charge in [0.25, 0.3) is 0 Å². The Kier molecular flexibility index (Phi) is 3.98. The highest BCUT2D eigenvalue weighted by Crippen LogP contribution is 2.40. The van der Waals surface area contributed by atoms with Gasteiger partial charge in [-0.3, -0.25) is 4.79 Å². The predicted octanol–water partition coefficient (Wildman–Crippen LogP) is 3.18. The van der Waals surface area contributed by atoms with Crippen LogP contribution < -0.4 is 4.74 Å². The normalized spacial score (nSPS) is 25.8. The Morgan fingerprint density at radius 2 is 1.88 bits per heavy atom. The van der Waals surface area contributed by atoms with Gasteiger partial charge in [-0.05, 0) is 30.5 Å². The second-order valence-corrected chi connectivity index (χ2v) is 6.48. The van der Waals surface area contributed by atoms with Gasteiger partial charge in [-0.2, -0.15) is 0 Å². The molecule has 24 heavy (non-hydrogen) atoms. The van der Waals surface area contributed by atoms with Crippen LogP contribution in [0.4, 0.5) is 0 Å². The molecular formula is C20H21NO3. The number of carbonyl (C=O) groups excluding carboxylic acids is 1. The average molecular weight is 323 g/mol. The van der Waals surface area contributed by atoms with Crippen molar-refractivity contribution in [1.82, 2.24) is 4.90 Å². The van der Waals surface area contributed by atoms with E-state index in [9.17, 15) is 4.79 Å². The molecule has 0 aromatic heterocycles. The Bertz CT molecular complexity index is 713. The lowest BCUT2D eigenvalue weighted by Crippen LogP contribution is -2.32. The van der Waals surface area contributed by atoms with Gasteiger partial charge >= 0.3 is 0 Å². The van der Waals surface area contributed by atoms with Crippen LogP contribution in [0.2, 0.25) is 0 Å². The molecule has 4 nitrogen and oxygen atoms in total. The summed E-state index contributed by atoms with van der Waals surface area (Å²) in [6, 6.07) is 18.2. The number of fused-ring (bicyclic) bond motifs is 1. The van der Waals surface area contributed by atoms with Crippen molar-refractivity contribution in [3.05, 3.63) is 65.7 Å². The van der Waals surface area contributed by atoms with Gasteiger partial charge in [0, 0.05) is 11.5 Å². The van der Waals surface area contributed by atoms with E-state index in [4.69, 9.17) is 9.47 Å². The van der Waals surface area contributed by atoms with Gasteiger partial charge in [0.15, 0.2) is 6.23 Å². The minimum atomic E-state index is -0.269. The fourth-order valence-corrected chi connectivity index (χ4v) is 3.77. The Hall–Kier alpha value is -2.33. The summed E-state index contributed by atoms with van der Waals surface area (Å²) in [4.78, 5) is 14.9. The SMILES string of the molecule is COc1ccc([C@H]2OC[C@@H]3C[C@@H](Cc4ccccc4)C(=O)N32)cc1. The summed E-state index contributed by atoms with van der Waals surface area (Å²) in [5, 5.41) is 0. The molecule has 0 bridgehead atoms. The third kappa shape index (κ3) is 2.67. The first-order chi connectivity index (χ1) is 11.8. The van der Waals surface area contributed by atoms with Crippen LogP contribution in [0.15, 0.2) is 54.6 Å². The third-order valence-electron chi connectivity index (χ3n) is 4.98. The molecule has 2 heterocycles. The van der Waals surface area contributed by atoms with E-state index < -0.39 is 0 Å². The molecule has 3 atom stereocenters. The van der Waals surface area contributed by atoms with Gasteiger partial charge in [0.2, 0.25) is 5.91 Å². The second kappa shape index (κ2) is 6.29. The highest BCUT2D eigenvalue weighted by atomic mass is 16.5. The molecule has 2 aromatic rings. The second-order valence-electron chi connectivity index (χ2n) is 6.48. The molecule has 2 aliphatic rings. The Labute approximate surface area is 142 Å². The zero-order valence-corrected chi connectivity index (χ0v) is 13.7. The molecule has 2 aliphatic heterocycles. The molecule has 0 radical (unpaired) electrons. The minimum Gasteiger partial charge on any atom is -0.497 e. The van der Waals surface area contributed by atoms with E-state index in [2.05, 4.69) is 12.1 Å². The fourth-order valence-electron chi connectivity index (χ4n) is 3.77. The van der Waals surface area contributed by atoms with Crippen molar-refractivity contribution in [2.24, 2.45) is 5.92 Å². The number of carbonyl (C=O) groups is 1. The monoisotopic (exact) mass is 323 g/mol. The van der Waals surface area contributed by atoms with Gasteiger partial charge in [0.05, 0.1) is 19.8 Å². The highest BCUT2D eigenvalue weighted by molar-refractivity contribution is 5.82. The molecule has 0 aliphatic carbocycles. The molecule has 0 spiro atoms. The van der Waals surface area contributed by atoms with Gasteiger partial charge in [-0.25, -0.2) is 0 Å². The lowest BCUT2D eigenvalue weighted by Gasteiger charge is -2.23. The minimum absolute atomic E-state index is 0.0575. The Morgan fingerprint density at radius 1 is 1.12 bits per heavy atom. The van der Waals surface area contributed by atoms with Crippen LogP contribution in [0.25, 0.3) is 0 Å². The van der Waals surface area contributed by atoms with Crippen molar-refractivity contribution in [3.63, 3.8) is 0 Å². The maximum Gasteiger partial charge on any atom is 0.228 e. The first-order valence-electron chi connectivity index (χ1n) is 8.38. The van der Waals surface area contributed by atoms with Crippen LogP contribution in [0.1, 0.15) is 23.8 Å². The van der Waals surface area contributed by atoms with Gasteiger partial charge < -0.3 is 14.4 Å².